The molecule has 0 heterocycles. The average Bonchev–Trinajstić information content (AvgIpc) is 2.30. The van der Waals surface area contributed by atoms with Crippen LogP contribution in [0.5, 0.6) is 0 Å². The highest BCUT2D eigenvalue weighted by molar-refractivity contribution is 5.20. The average molecular weight is 255 g/mol. The van der Waals surface area contributed by atoms with E-state index in [4.69, 9.17) is 0 Å². The monoisotopic (exact) mass is 255 g/mol. The van der Waals surface area contributed by atoms with Gasteiger partial charge >= 0.3 is 0 Å². The van der Waals surface area contributed by atoms with Crippen molar-refractivity contribution in [2.45, 2.75) is 40.2 Å². The predicted molar refractivity (Wildman–Crippen MR) is 71.5 cm³/mol. The highest BCUT2D eigenvalue weighted by Crippen LogP contribution is 2.21. The molecule has 0 spiro atoms. The fourth-order valence-electron chi connectivity index (χ4n) is 1.87. The molecule has 0 aliphatic rings. The van der Waals surface area contributed by atoms with Crippen molar-refractivity contribution in [1.82, 2.24) is 5.32 Å². The lowest BCUT2D eigenvalue weighted by Gasteiger charge is -2.22. The Labute approximate surface area is 109 Å². The minimum absolute atomic E-state index is 0.210. The Balaban J connectivity index is 2.61. The fraction of sp³-hybridized carbons (Fsp3) is 0.600. The zero-order valence-corrected chi connectivity index (χ0v) is 11.6. The molecule has 0 fully saturated rings. The number of benzene rings is 1. The molecule has 0 aliphatic heterocycles. The molecule has 0 saturated carbocycles. The number of hydrogen-bond donors (Lipinski definition) is 1. The molecule has 1 N–H and O–H groups in total. The third-order valence-electron chi connectivity index (χ3n) is 3.41. The molecule has 3 heteroatoms. The van der Waals surface area contributed by atoms with Crippen LogP contribution in [0, 0.1) is 23.5 Å². The van der Waals surface area contributed by atoms with Crippen LogP contribution in [0.3, 0.4) is 0 Å². The maximum Gasteiger partial charge on any atom is 0.129 e. The van der Waals surface area contributed by atoms with Crippen LogP contribution in [0.1, 0.15) is 33.3 Å². The van der Waals surface area contributed by atoms with Gasteiger partial charge in [-0.25, -0.2) is 8.78 Å². The van der Waals surface area contributed by atoms with Crippen LogP contribution in [0.25, 0.3) is 0 Å². The second-order valence-corrected chi connectivity index (χ2v) is 5.42. The van der Waals surface area contributed by atoms with E-state index >= 15 is 0 Å². The van der Waals surface area contributed by atoms with Gasteiger partial charge in [0.2, 0.25) is 0 Å². The lowest BCUT2D eigenvalue weighted by molar-refractivity contribution is 0.347. The molecule has 0 saturated heterocycles. The molecule has 18 heavy (non-hydrogen) atoms. The molecule has 2 atom stereocenters. The smallest absolute Gasteiger partial charge is 0.129 e. The zero-order chi connectivity index (χ0) is 13.7. The summed E-state index contributed by atoms with van der Waals surface area (Å²) in [6.45, 7) is 9.20. The van der Waals surface area contributed by atoms with Crippen LogP contribution < -0.4 is 5.32 Å². The molecule has 1 aromatic carbocycles. The largest absolute Gasteiger partial charge is 0.314 e. The molecule has 1 aromatic rings. The first kappa shape index (κ1) is 15.1. The van der Waals surface area contributed by atoms with Gasteiger partial charge in [-0.1, -0.05) is 33.8 Å². The van der Waals surface area contributed by atoms with E-state index in [2.05, 4.69) is 26.1 Å². The zero-order valence-electron chi connectivity index (χ0n) is 11.6. The highest BCUT2D eigenvalue weighted by Gasteiger charge is 2.17. The normalized spacial score (nSPS) is 14.8. The van der Waals surface area contributed by atoms with Crippen LogP contribution in [0.15, 0.2) is 18.2 Å². The SMILES string of the molecule is CC(C)NCC(C)C(C)Cc1c(F)cccc1F. The Hall–Kier alpha value is -0.960. The van der Waals surface area contributed by atoms with Crippen LogP contribution in [-0.4, -0.2) is 12.6 Å². The van der Waals surface area contributed by atoms with E-state index < -0.39 is 11.6 Å². The summed E-state index contributed by atoms with van der Waals surface area (Å²) in [5.41, 5.74) is 0.210. The van der Waals surface area contributed by atoms with Gasteiger partial charge in [0.15, 0.2) is 0 Å². The third kappa shape index (κ3) is 4.37. The number of hydrogen-bond acceptors (Lipinski definition) is 1. The van der Waals surface area contributed by atoms with E-state index in [1.54, 1.807) is 0 Å². The standard InChI is InChI=1S/C15H23F2N/c1-10(2)18-9-12(4)11(3)8-13-14(16)6-5-7-15(13)17/h5-7,10-12,18H,8-9H2,1-4H3. The number of nitrogens with one attached hydrogen (secondary N) is 1. The van der Waals surface area contributed by atoms with Crippen LogP contribution in [0.2, 0.25) is 0 Å². The lowest BCUT2D eigenvalue weighted by atomic mass is 9.89. The summed E-state index contributed by atoms with van der Waals surface area (Å²) >= 11 is 0. The van der Waals surface area contributed by atoms with Crippen molar-refractivity contribution in [3.8, 4) is 0 Å². The van der Waals surface area contributed by atoms with E-state index in [0.29, 0.717) is 18.4 Å². The Bertz CT molecular complexity index is 357. The molecule has 2 unspecified atom stereocenters. The topological polar surface area (TPSA) is 12.0 Å². The van der Waals surface area contributed by atoms with Crippen LogP contribution in [-0.2, 0) is 6.42 Å². The molecule has 0 radical (unpaired) electrons. The van der Waals surface area contributed by atoms with Crippen molar-refractivity contribution in [2.75, 3.05) is 6.54 Å². The summed E-state index contributed by atoms with van der Waals surface area (Å²) in [6.07, 6.45) is 0.444. The molecule has 0 amide bonds. The summed E-state index contributed by atoms with van der Waals surface area (Å²) in [6, 6.07) is 4.48. The van der Waals surface area contributed by atoms with Crippen molar-refractivity contribution in [1.29, 1.82) is 0 Å². The van der Waals surface area contributed by atoms with Gasteiger partial charge in [-0.15, -0.1) is 0 Å². The minimum Gasteiger partial charge on any atom is -0.314 e. The molecule has 0 aliphatic carbocycles. The Morgan fingerprint density at radius 3 is 2.06 bits per heavy atom. The van der Waals surface area contributed by atoms with Gasteiger partial charge in [0.1, 0.15) is 11.6 Å². The maximum absolute atomic E-state index is 13.5. The molecule has 102 valence electrons. The van der Waals surface area contributed by atoms with Crippen molar-refractivity contribution in [3.63, 3.8) is 0 Å². The van der Waals surface area contributed by atoms with E-state index in [0.717, 1.165) is 6.54 Å². The first-order valence-corrected chi connectivity index (χ1v) is 6.58. The van der Waals surface area contributed by atoms with Crippen molar-refractivity contribution in [3.05, 3.63) is 35.4 Å². The van der Waals surface area contributed by atoms with Crippen LogP contribution in [0.4, 0.5) is 8.78 Å². The quantitative estimate of drug-likeness (QED) is 0.815. The lowest BCUT2D eigenvalue weighted by Crippen LogP contribution is -2.31. The first-order valence-electron chi connectivity index (χ1n) is 6.58. The van der Waals surface area contributed by atoms with Crippen LogP contribution >= 0.6 is 0 Å². The Morgan fingerprint density at radius 1 is 1.00 bits per heavy atom. The van der Waals surface area contributed by atoms with Gasteiger partial charge in [0, 0.05) is 11.6 Å². The maximum atomic E-state index is 13.5. The van der Waals surface area contributed by atoms with E-state index in [1.807, 2.05) is 6.92 Å². The van der Waals surface area contributed by atoms with E-state index in [9.17, 15) is 8.78 Å². The van der Waals surface area contributed by atoms with Gasteiger partial charge in [-0.2, -0.15) is 0 Å². The second kappa shape index (κ2) is 6.83. The van der Waals surface area contributed by atoms with Crippen molar-refractivity contribution >= 4 is 0 Å². The third-order valence-corrected chi connectivity index (χ3v) is 3.41. The Kier molecular flexibility index (Phi) is 5.73. The minimum atomic E-state index is -0.439. The van der Waals surface area contributed by atoms with Crippen molar-refractivity contribution in [2.24, 2.45) is 11.8 Å². The summed E-state index contributed by atoms with van der Waals surface area (Å²) in [5.74, 6) is -0.259. The van der Waals surface area contributed by atoms with Gasteiger partial charge in [0.05, 0.1) is 0 Å². The van der Waals surface area contributed by atoms with E-state index in [1.165, 1.54) is 18.2 Å². The highest BCUT2D eigenvalue weighted by atomic mass is 19.1. The molecular formula is C15H23F2N. The summed E-state index contributed by atoms with van der Waals surface area (Å²) in [7, 11) is 0. The summed E-state index contributed by atoms with van der Waals surface area (Å²) in [4.78, 5) is 0. The Morgan fingerprint density at radius 2 is 1.56 bits per heavy atom. The van der Waals surface area contributed by atoms with Gasteiger partial charge in [-0.3, -0.25) is 0 Å². The number of rotatable bonds is 6. The van der Waals surface area contributed by atoms with E-state index in [-0.39, 0.29) is 11.5 Å². The summed E-state index contributed by atoms with van der Waals surface area (Å²) < 4.78 is 27.1. The fourth-order valence-corrected chi connectivity index (χ4v) is 1.87. The molecule has 1 rings (SSSR count). The molecular weight excluding hydrogens is 232 g/mol. The molecule has 0 aromatic heterocycles. The van der Waals surface area contributed by atoms with Gasteiger partial charge in [0.25, 0.3) is 0 Å². The molecule has 1 nitrogen and oxygen atoms in total. The van der Waals surface area contributed by atoms with Gasteiger partial charge < -0.3 is 5.32 Å². The second-order valence-electron chi connectivity index (χ2n) is 5.42. The predicted octanol–water partition coefficient (Wildman–Crippen LogP) is 3.78. The van der Waals surface area contributed by atoms with Crippen molar-refractivity contribution < 1.29 is 8.78 Å². The molecule has 0 bridgehead atoms. The summed E-state index contributed by atoms with van der Waals surface area (Å²) in [5, 5.41) is 3.35. The number of halogens is 2. The first-order chi connectivity index (χ1) is 8.41. The van der Waals surface area contributed by atoms with Gasteiger partial charge in [-0.05, 0) is 36.9 Å².